The summed E-state index contributed by atoms with van der Waals surface area (Å²) in [6.07, 6.45) is 2.92. The molecule has 0 radical (unpaired) electrons. The van der Waals surface area contributed by atoms with E-state index < -0.39 is 9.84 Å². The third-order valence-corrected chi connectivity index (χ3v) is 6.72. The molecular weight excluding hydrogens is 396 g/mol. The van der Waals surface area contributed by atoms with Crippen molar-refractivity contribution < 1.29 is 13.2 Å². The van der Waals surface area contributed by atoms with Crippen molar-refractivity contribution in [3.63, 3.8) is 0 Å². The van der Waals surface area contributed by atoms with Gasteiger partial charge in [-0.1, -0.05) is 48.0 Å². The number of benzene rings is 2. The van der Waals surface area contributed by atoms with Crippen LogP contribution in [0.3, 0.4) is 0 Å². The zero-order valence-electron chi connectivity index (χ0n) is 17.3. The van der Waals surface area contributed by atoms with Crippen LogP contribution in [-0.4, -0.2) is 49.3 Å². The maximum Gasteiger partial charge on any atom is 0.254 e. The summed E-state index contributed by atoms with van der Waals surface area (Å²) in [7, 11) is -3.07. The highest BCUT2D eigenvalue weighted by molar-refractivity contribution is 7.90. The molecule has 2 aromatic carbocycles. The number of carbonyl (C=O) groups excluding carboxylic acids is 1. The maximum absolute atomic E-state index is 13.5. The Balaban J connectivity index is 1.72. The first-order valence-corrected chi connectivity index (χ1v) is 12.3. The lowest BCUT2D eigenvalue weighted by Gasteiger charge is -2.32. The Morgan fingerprint density at radius 3 is 2.60 bits per heavy atom. The van der Waals surface area contributed by atoms with E-state index in [1.807, 2.05) is 61.5 Å². The number of piperidine rings is 1. The molecule has 1 amide bonds. The SMILES string of the molecule is Cc1ccc(-c2cc(C(=O)N3CCC[C@H](CS(C)(=O)=O)C3)c3ccccc3n2)cc1. The third kappa shape index (κ3) is 4.54. The van der Waals surface area contributed by atoms with Crippen molar-refractivity contribution in [1.82, 2.24) is 9.88 Å². The van der Waals surface area contributed by atoms with Gasteiger partial charge >= 0.3 is 0 Å². The van der Waals surface area contributed by atoms with Crippen molar-refractivity contribution in [1.29, 1.82) is 0 Å². The molecule has 156 valence electrons. The summed E-state index contributed by atoms with van der Waals surface area (Å²) in [6.45, 7) is 3.16. The quantitative estimate of drug-likeness (QED) is 0.635. The van der Waals surface area contributed by atoms with Crippen LogP contribution in [0.5, 0.6) is 0 Å². The Morgan fingerprint density at radius 1 is 1.13 bits per heavy atom. The number of para-hydroxylation sites is 1. The molecule has 0 spiro atoms. The highest BCUT2D eigenvalue weighted by atomic mass is 32.2. The Morgan fingerprint density at radius 2 is 1.87 bits per heavy atom. The van der Waals surface area contributed by atoms with Crippen LogP contribution in [0.15, 0.2) is 54.6 Å². The summed E-state index contributed by atoms with van der Waals surface area (Å²) in [4.78, 5) is 20.1. The molecule has 0 unspecified atom stereocenters. The number of carbonyl (C=O) groups is 1. The summed E-state index contributed by atoms with van der Waals surface area (Å²) >= 11 is 0. The fourth-order valence-electron chi connectivity index (χ4n) is 4.21. The highest BCUT2D eigenvalue weighted by Gasteiger charge is 2.28. The van der Waals surface area contributed by atoms with Crippen molar-refractivity contribution >= 4 is 26.6 Å². The van der Waals surface area contributed by atoms with Gasteiger partial charge in [0, 0.05) is 30.3 Å². The lowest BCUT2D eigenvalue weighted by Crippen LogP contribution is -2.41. The molecule has 30 heavy (non-hydrogen) atoms. The van der Waals surface area contributed by atoms with Crippen molar-refractivity contribution in [2.45, 2.75) is 19.8 Å². The lowest BCUT2D eigenvalue weighted by molar-refractivity contribution is 0.0686. The molecule has 5 nitrogen and oxygen atoms in total. The van der Waals surface area contributed by atoms with Gasteiger partial charge in [0.05, 0.1) is 22.5 Å². The molecule has 1 saturated heterocycles. The first-order chi connectivity index (χ1) is 14.3. The third-order valence-electron chi connectivity index (χ3n) is 5.64. The number of hydrogen-bond acceptors (Lipinski definition) is 4. The smallest absolute Gasteiger partial charge is 0.254 e. The number of aryl methyl sites for hydroxylation is 1. The van der Waals surface area contributed by atoms with Crippen molar-refractivity contribution in [2.24, 2.45) is 5.92 Å². The molecule has 0 saturated carbocycles. The molecule has 1 aliphatic rings. The molecule has 1 atom stereocenters. The average molecular weight is 423 g/mol. The van der Waals surface area contributed by atoms with E-state index in [2.05, 4.69) is 0 Å². The number of aromatic nitrogens is 1. The first-order valence-electron chi connectivity index (χ1n) is 10.2. The van der Waals surface area contributed by atoms with E-state index in [-0.39, 0.29) is 17.6 Å². The number of sulfone groups is 1. The van der Waals surface area contributed by atoms with E-state index in [9.17, 15) is 13.2 Å². The number of pyridine rings is 1. The maximum atomic E-state index is 13.5. The predicted octanol–water partition coefficient (Wildman–Crippen LogP) is 4.11. The molecule has 1 aliphatic heterocycles. The molecular formula is C24H26N2O3S. The highest BCUT2D eigenvalue weighted by Crippen LogP contribution is 2.28. The number of fused-ring (bicyclic) bond motifs is 1. The van der Waals surface area contributed by atoms with Crippen LogP contribution in [-0.2, 0) is 9.84 Å². The minimum atomic E-state index is -3.07. The summed E-state index contributed by atoms with van der Waals surface area (Å²) in [5.41, 5.74) is 4.30. The van der Waals surface area contributed by atoms with Crippen LogP contribution < -0.4 is 0 Å². The number of hydrogen-bond donors (Lipinski definition) is 0. The van der Waals surface area contributed by atoms with E-state index in [0.29, 0.717) is 18.7 Å². The molecule has 4 rings (SSSR count). The van der Waals surface area contributed by atoms with Crippen LogP contribution in [0.25, 0.3) is 22.2 Å². The molecule has 1 fully saturated rings. The molecule has 0 aliphatic carbocycles. The Hall–Kier alpha value is -2.73. The summed E-state index contributed by atoms with van der Waals surface area (Å²) in [5.74, 6) is 0.0604. The number of amides is 1. The summed E-state index contributed by atoms with van der Waals surface area (Å²) < 4.78 is 23.5. The van der Waals surface area contributed by atoms with Gasteiger partial charge in [-0.25, -0.2) is 13.4 Å². The predicted molar refractivity (Wildman–Crippen MR) is 120 cm³/mol. The molecule has 1 aromatic heterocycles. The van der Waals surface area contributed by atoms with Crippen LogP contribution in [0, 0.1) is 12.8 Å². The van der Waals surface area contributed by atoms with Crippen molar-refractivity contribution in [2.75, 3.05) is 25.1 Å². The van der Waals surface area contributed by atoms with Crippen molar-refractivity contribution in [3.05, 3.63) is 65.7 Å². The van der Waals surface area contributed by atoms with Gasteiger partial charge in [0.2, 0.25) is 0 Å². The van der Waals surface area contributed by atoms with E-state index in [1.54, 1.807) is 4.90 Å². The monoisotopic (exact) mass is 422 g/mol. The summed E-state index contributed by atoms with van der Waals surface area (Å²) in [5, 5.41) is 0.823. The number of nitrogens with zero attached hydrogens (tertiary/aromatic N) is 2. The van der Waals surface area contributed by atoms with Gasteiger partial charge in [0.25, 0.3) is 5.91 Å². The van der Waals surface area contributed by atoms with Gasteiger partial charge in [0.1, 0.15) is 9.84 Å². The number of likely N-dealkylation sites (tertiary alicyclic amines) is 1. The van der Waals surface area contributed by atoms with Gasteiger partial charge in [-0.3, -0.25) is 4.79 Å². The minimum Gasteiger partial charge on any atom is -0.338 e. The van der Waals surface area contributed by atoms with Crippen LogP contribution in [0.4, 0.5) is 0 Å². The zero-order chi connectivity index (χ0) is 21.3. The second-order valence-corrected chi connectivity index (χ2v) is 10.5. The lowest BCUT2D eigenvalue weighted by atomic mass is 9.97. The van der Waals surface area contributed by atoms with Gasteiger partial charge in [0.15, 0.2) is 0 Å². The second-order valence-electron chi connectivity index (χ2n) is 8.29. The van der Waals surface area contributed by atoms with E-state index in [0.717, 1.165) is 35.0 Å². The normalized spacial score (nSPS) is 17.3. The number of rotatable bonds is 4. The van der Waals surface area contributed by atoms with Crippen molar-refractivity contribution in [3.8, 4) is 11.3 Å². The van der Waals surface area contributed by atoms with Gasteiger partial charge in [-0.05, 0) is 37.8 Å². The average Bonchev–Trinajstić information content (AvgIpc) is 2.72. The standard InChI is InChI=1S/C24H26N2O3S/c1-17-9-11-19(12-10-17)23-14-21(20-7-3-4-8-22(20)25-23)24(27)26-13-5-6-18(15-26)16-30(2,28)29/h3-4,7-12,14,18H,5-6,13,15-16H2,1-2H3/t18-/m0/s1. The molecule has 3 aromatic rings. The van der Waals surface area contributed by atoms with Crippen LogP contribution in [0.2, 0.25) is 0 Å². The summed E-state index contributed by atoms with van der Waals surface area (Å²) in [6, 6.07) is 17.7. The van der Waals surface area contributed by atoms with E-state index >= 15 is 0 Å². The largest absolute Gasteiger partial charge is 0.338 e. The van der Waals surface area contributed by atoms with Gasteiger partial charge in [-0.15, -0.1) is 0 Å². The van der Waals surface area contributed by atoms with E-state index in [4.69, 9.17) is 4.98 Å². The topological polar surface area (TPSA) is 67.3 Å². The molecule has 0 N–H and O–H groups in total. The van der Waals surface area contributed by atoms with Crippen LogP contribution in [0.1, 0.15) is 28.8 Å². The zero-order valence-corrected chi connectivity index (χ0v) is 18.2. The Kier molecular flexibility index (Phi) is 5.60. The molecule has 2 heterocycles. The van der Waals surface area contributed by atoms with Gasteiger partial charge < -0.3 is 4.90 Å². The second kappa shape index (κ2) is 8.19. The Labute approximate surface area is 177 Å². The Bertz CT molecular complexity index is 1190. The molecule has 6 heteroatoms. The van der Waals surface area contributed by atoms with Crippen LogP contribution >= 0.6 is 0 Å². The van der Waals surface area contributed by atoms with E-state index in [1.165, 1.54) is 11.8 Å². The first kappa shape index (κ1) is 20.5. The molecule has 0 bridgehead atoms. The minimum absolute atomic E-state index is 0.0117. The fraction of sp³-hybridized carbons (Fsp3) is 0.333. The fourth-order valence-corrected chi connectivity index (χ4v) is 5.34. The van der Waals surface area contributed by atoms with Gasteiger partial charge in [-0.2, -0.15) is 0 Å².